The first kappa shape index (κ1) is 21.8. The van der Waals surface area contributed by atoms with Crippen LogP contribution in [0.15, 0.2) is 28.5 Å². The number of Topliss-reactive ketones (excluding diaryl/α,β-unsaturated/α-hetero) is 2. The molecule has 3 saturated carbocycles. The molecule has 1 aromatic heterocycles. The molecule has 2 aromatic rings. The second kappa shape index (κ2) is 9.10. The van der Waals surface area contributed by atoms with E-state index in [4.69, 9.17) is 0 Å². The summed E-state index contributed by atoms with van der Waals surface area (Å²) >= 11 is 3.26. The third kappa shape index (κ3) is 5.15. The van der Waals surface area contributed by atoms with Gasteiger partial charge in [0.2, 0.25) is 5.91 Å². The highest BCUT2D eigenvalue weighted by molar-refractivity contribution is 8.00. The fourth-order valence-corrected chi connectivity index (χ4v) is 6.47. The van der Waals surface area contributed by atoms with Crippen LogP contribution >= 0.6 is 23.1 Å². The van der Waals surface area contributed by atoms with E-state index in [2.05, 4.69) is 28.5 Å². The molecule has 0 bridgehead atoms. The molecule has 1 aromatic carbocycles. The van der Waals surface area contributed by atoms with Crippen molar-refractivity contribution >= 4 is 45.7 Å². The minimum absolute atomic E-state index is 0.0989. The maximum Gasteiger partial charge on any atom is 0.233 e. The number of nitrogens with zero attached hydrogens (tertiary/aromatic N) is 1. The molecule has 3 aliphatic carbocycles. The van der Waals surface area contributed by atoms with Gasteiger partial charge in [-0.15, -0.1) is 23.1 Å². The number of amides is 1. The third-order valence-electron chi connectivity index (χ3n) is 6.60. The number of hydrogen-bond acceptors (Lipinski definition) is 6. The van der Waals surface area contributed by atoms with Crippen molar-refractivity contribution in [2.24, 2.45) is 5.92 Å². The van der Waals surface area contributed by atoms with Crippen LogP contribution in [0.1, 0.15) is 91.7 Å². The minimum Gasteiger partial charge on any atom is -0.301 e. The molecule has 7 heteroatoms. The first-order chi connectivity index (χ1) is 15.5. The molecule has 3 fully saturated rings. The van der Waals surface area contributed by atoms with Crippen molar-refractivity contribution in [3.05, 3.63) is 40.4 Å². The smallest absolute Gasteiger partial charge is 0.233 e. The van der Waals surface area contributed by atoms with Crippen LogP contribution in [0.25, 0.3) is 0 Å². The van der Waals surface area contributed by atoms with E-state index in [-0.39, 0.29) is 23.5 Å². The number of thioether (sulfide) groups is 1. The monoisotopic (exact) mass is 468 g/mol. The van der Waals surface area contributed by atoms with Crippen molar-refractivity contribution < 1.29 is 14.4 Å². The second-order valence-electron chi connectivity index (χ2n) is 9.41. The van der Waals surface area contributed by atoms with Crippen molar-refractivity contribution in [3.8, 4) is 0 Å². The Kier molecular flexibility index (Phi) is 6.21. The number of benzene rings is 1. The van der Waals surface area contributed by atoms with E-state index in [0.717, 1.165) is 17.2 Å². The minimum atomic E-state index is -0.326. The molecule has 0 aliphatic heterocycles. The SMILES string of the molecule is CC(=O)c1csc(NC(=O)[C@H](C[C@H]2CCC(=O)C2)c2ccc(SC3CC3)c(C3CC3)c2)n1. The molecule has 0 unspecified atom stereocenters. The van der Waals surface area contributed by atoms with Crippen molar-refractivity contribution in [1.29, 1.82) is 0 Å². The predicted octanol–water partition coefficient (Wildman–Crippen LogP) is 5.96. The molecule has 1 heterocycles. The van der Waals surface area contributed by atoms with Gasteiger partial charge in [-0.3, -0.25) is 14.4 Å². The van der Waals surface area contributed by atoms with Gasteiger partial charge in [-0.25, -0.2) is 4.98 Å². The fourth-order valence-electron chi connectivity index (χ4n) is 4.48. The van der Waals surface area contributed by atoms with Gasteiger partial charge in [0.25, 0.3) is 0 Å². The van der Waals surface area contributed by atoms with E-state index in [9.17, 15) is 14.4 Å². The predicted molar refractivity (Wildman–Crippen MR) is 128 cm³/mol. The molecule has 168 valence electrons. The van der Waals surface area contributed by atoms with E-state index >= 15 is 0 Å². The number of aromatic nitrogens is 1. The molecule has 0 saturated heterocycles. The van der Waals surface area contributed by atoms with Crippen LogP contribution < -0.4 is 5.32 Å². The van der Waals surface area contributed by atoms with Crippen LogP contribution in [-0.2, 0) is 9.59 Å². The lowest BCUT2D eigenvalue weighted by Gasteiger charge is -2.21. The topological polar surface area (TPSA) is 76.1 Å². The highest BCUT2D eigenvalue weighted by Crippen LogP contribution is 2.49. The molecule has 3 aliphatic rings. The summed E-state index contributed by atoms with van der Waals surface area (Å²) < 4.78 is 0. The van der Waals surface area contributed by atoms with E-state index in [1.165, 1.54) is 54.4 Å². The van der Waals surface area contributed by atoms with Crippen molar-refractivity contribution in [3.63, 3.8) is 0 Å². The summed E-state index contributed by atoms with van der Waals surface area (Å²) in [6.45, 7) is 1.47. The average molecular weight is 469 g/mol. The Bertz CT molecular complexity index is 1060. The number of anilines is 1. The number of ketones is 2. The van der Waals surface area contributed by atoms with Gasteiger partial charge < -0.3 is 5.32 Å². The Labute approximate surface area is 196 Å². The summed E-state index contributed by atoms with van der Waals surface area (Å²) in [7, 11) is 0. The van der Waals surface area contributed by atoms with Crippen LogP contribution in [0.3, 0.4) is 0 Å². The number of hydrogen-bond donors (Lipinski definition) is 1. The van der Waals surface area contributed by atoms with Crippen LogP contribution in [0.2, 0.25) is 0 Å². The average Bonchev–Trinajstić information content (AvgIpc) is 3.68. The number of carbonyl (C=O) groups excluding carboxylic acids is 3. The van der Waals surface area contributed by atoms with Gasteiger partial charge in [0.15, 0.2) is 10.9 Å². The summed E-state index contributed by atoms with van der Waals surface area (Å²) in [6.07, 6.45) is 7.77. The molecule has 5 rings (SSSR count). The Morgan fingerprint density at radius 1 is 1.22 bits per heavy atom. The molecule has 1 amide bonds. The molecule has 32 heavy (non-hydrogen) atoms. The third-order valence-corrected chi connectivity index (χ3v) is 8.79. The molecule has 0 radical (unpaired) electrons. The summed E-state index contributed by atoms with van der Waals surface area (Å²) in [5.41, 5.74) is 2.81. The van der Waals surface area contributed by atoms with Crippen molar-refractivity contribution in [1.82, 2.24) is 4.98 Å². The zero-order valence-corrected chi connectivity index (χ0v) is 19.9. The van der Waals surface area contributed by atoms with E-state index in [1.54, 1.807) is 5.38 Å². The van der Waals surface area contributed by atoms with E-state index in [1.807, 2.05) is 11.8 Å². The molecule has 5 nitrogen and oxygen atoms in total. The zero-order valence-electron chi connectivity index (χ0n) is 18.3. The van der Waals surface area contributed by atoms with Crippen molar-refractivity contribution in [2.45, 2.75) is 80.3 Å². The Morgan fingerprint density at radius 3 is 2.66 bits per heavy atom. The molecule has 1 N–H and O–H groups in total. The first-order valence-corrected chi connectivity index (χ1v) is 13.3. The molecule has 2 atom stereocenters. The van der Waals surface area contributed by atoms with Gasteiger partial charge in [-0.2, -0.15) is 0 Å². The Morgan fingerprint density at radius 2 is 2.03 bits per heavy atom. The maximum atomic E-state index is 13.4. The maximum absolute atomic E-state index is 13.4. The molecular weight excluding hydrogens is 440 g/mol. The largest absolute Gasteiger partial charge is 0.301 e. The number of nitrogens with one attached hydrogen (secondary N) is 1. The van der Waals surface area contributed by atoms with Crippen LogP contribution in [0.5, 0.6) is 0 Å². The first-order valence-electron chi connectivity index (χ1n) is 11.6. The lowest BCUT2D eigenvalue weighted by atomic mass is 9.86. The summed E-state index contributed by atoms with van der Waals surface area (Å²) in [5, 5.41) is 5.83. The number of thiazole rings is 1. The zero-order chi connectivity index (χ0) is 22.2. The van der Waals surface area contributed by atoms with Crippen molar-refractivity contribution in [2.75, 3.05) is 5.32 Å². The Hall–Kier alpha value is -1.99. The summed E-state index contributed by atoms with van der Waals surface area (Å²) in [4.78, 5) is 42.5. The number of rotatable bonds is 9. The van der Waals surface area contributed by atoms with E-state index in [0.29, 0.717) is 41.8 Å². The van der Waals surface area contributed by atoms with Gasteiger partial charge in [0, 0.05) is 35.3 Å². The van der Waals surface area contributed by atoms with E-state index < -0.39 is 0 Å². The quantitative estimate of drug-likeness (QED) is 0.460. The van der Waals surface area contributed by atoms with Gasteiger partial charge in [-0.05, 0) is 67.6 Å². The van der Waals surface area contributed by atoms with Crippen LogP contribution in [0, 0.1) is 5.92 Å². The normalized spacial score (nSPS) is 21.5. The van der Waals surface area contributed by atoms with Crippen LogP contribution in [0.4, 0.5) is 5.13 Å². The lowest BCUT2D eigenvalue weighted by Crippen LogP contribution is -2.23. The van der Waals surface area contributed by atoms with Gasteiger partial charge >= 0.3 is 0 Å². The van der Waals surface area contributed by atoms with Crippen LogP contribution in [-0.4, -0.2) is 27.7 Å². The second-order valence-corrected chi connectivity index (χ2v) is 11.6. The molecule has 0 spiro atoms. The van der Waals surface area contributed by atoms with Gasteiger partial charge in [0.05, 0.1) is 5.92 Å². The standard InChI is InChI=1S/C25H28N2O3S2/c1-14(28)22-13-31-25(26-22)27-24(30)21(11-15-2-6-18(29)10-15)17-5-9-23(32-19-7-8-19)20(12-17)16-3-4-16/h5,9,12-13,15-16,19,21H,2-4,6-8,10-11H2,1H3,(H,26,27,30)/t15-,21+/m0/s1. The fraction of sp³-hybridized carbons (Fsp3) is 0.520. The number of carbonyl (C=O) groups is 3. The summed E-state index contributed by atoms with van der Waals surface area (Å²) in [6, 6.07) is 6.58. The Balaban J connectivity index is 1.40. The van der Waals surface area contributed by atoms with Gasteiger partial charge in [0.1, 0.15) is 11.5 Å². The highest BCUT2D eigenvalue weighted by atomic mass is 32.2. The lowest BCUT2D eigenvalue weighted by molar-refractivity contribution is -0.119. The highest BCUT2D eigenvalue weighted by Gasteiger charge is 2.33. The molecular formula is C25H28N2O3S2. The summed E-state index contributed by atoms with van der Waals surface area (Å²) in [5.74, 6) is 0.624. The van der Waals surface area contributed by atoms with Gasteiger partial charge in [-0.1, -0.05) is 12.1 Å².